The predicted molar refractivity (Wildman–Crippen MR) is 121 cm³/mol. The zero-order valence-corrected chi connectivity index (χ0v) is 19.4. The van der Waals surface area contributed by atoms with E-state index in [4.69, 9.17) is 4.74 Å². The first-order valence-corrected chi connectivity index (χ1v) is 11.4. The molecule has 2 heterocycles. The fraction of sp³-hybridized carbons (Fsp3) is 0.522. The van der Waals surface area contributed by atoms with Crippen LogP contribution in [-0.2, 0) is 9.53 Å². The Labute approximate surface area is 193 Å². The highest BCUT2D eigenvalue weighted by atomic mass is 19.1. The highest BCUT2D eigenvalue weighted by Gasteiger charge is 2.38. The second-order valence-electron chi connectivity index (χ2n) is 7.86. The molecule has 1 saturated heterocycles. The van der Waals surface area contributed by atoms with Gasteiger partial charge in [0.05, 0.1) is 18.2 Å². The summed E-state index contributed by atoms with van der Waals surface area (Å²) in [5.41, 5.74) is 1.32. The standard InChI is InChI=1S/C23H32FN5O4/c1-4-25-22(31)28-12-10-27(11-13-28)15-18-19(21(30)33-6-3)20(26-23(32)29(18)5-2)16-8-7-9-17(24)14-16/h7-9,14,20H,4-6,10-13,15H2,1-3H3,(H,25,31)(H,26,32)/t20-/m1/s1. The molecule has 3 rings (SSSR count). The van der Waals surface area contributed by atoms with Crippen LogP contribution in [0, 0.1) is 5.82 Å². The lowest BCUT2D eigenvalue weighted by Crippen LogP contribution is -2.55. The van der Waals surface area contributed by atoms with Gasteiger partial charge in [0.25, 0.3) is 0 Å². The van der Waals surface area contributed by atoms with Crippen molar-refractivity contribution in [2.45, 2.75) is 26.8 Å². The van der Waals surface area contributed by atoms with E-state index in [1.54, 1.807) is 24.0 Å². The molecule has 0 radical (unpaired) electrons. The van der Waals surface area contributed by atoms with Gasteiger partial charge in [-0.2, -0.15) is 0 Å². The van der Waals surface area contributed by atoms with Crippen LogP contribution >= 0.6 is 0 Å². The molecule has 0 spiro atoms. The Bertz CT molecular complexity index is 914. The average Bonchev–Trinajstić information content (AvgIpc) is 2.79. The lowest BCUT2D eigenvalue weighted by atomic mass is 9.94. The number of benzene rings is 1. The molecule has 10 heteroatoms. The minimum absolute atomic E-state index is 0.0954. The third-order valence-electron chi connectivity index (χ3n) is 5.79. The molecule has 1 fully saturated rings. The number of esters is 1. The van der Waals surface area contributed by atoms with Crippen molar-refractivity contribution < 1.29 is 23.5 Å². The van der Waals surface area contributed by atoms with Crippen molar-refractivity contribution in [3.8, 4) is 0 Å². The van der Waals surface area contributed by atoms with Crippen LogP contribution in [0.2, 0.25) is 0 Å². The van der Waals surface area contributed by atoms with Crippen LogP contribution in [-0.4, -0.2) is 85.2 Å². The lowest BCUT2D eigenvalue weighted by Gasteiger charge is -2.40. The number of rotatable bonds is 7. The van der Waals surface area contributed by atoms with E-state index in [-0.39, 0.29) is 18.7 Å². The molecule has 0 bridgehead atoms. The maximum atomic E-state index is 14.0. The van der Waals surface area contributed by atoms with Crippen molar-refractivity contribution in [3.05, 3.63) is 46.9 Å². The molecule has 9 nitrogen and oxygen atoms in total. The quantitative estimate of drug-likeness (QED) is 0.607. The summed E-state index contributed by atoms with van der Waals surface area (Å²) in [6, 6.07) is 4.59. The van der Waals surface area contributed by atoms with Crippen LogP contribution in [0.25, 0.3) is 0 Å². The summed E-state index contributed by atoms with van der Waals surface area (Å²) in [6.45, 7) is 9.14. The molecule has 1 atom stereocenters. The van der Waals surface area contributed by atoms with Gasteiger partial charge in [-0.1, -0.05) is 12.1 Å². The molecule has 4 amide bonds. The number of amides is 4. The number of nitrogens with one attached hydrogen (secondary N) is 2. The van der Waals surface area contributed by atoms with Gasteiger partial charge in [0, 0.05) is 51.5 Å². The Morgan fingerprint density at radius 3 is 2.52 bits per heavy atom. The van der Waals surface area contributed by atoms with Gasteiger partial charge in [-0.25, -0.2) is 18.8 Å². The normalized spacial score (nSPS) is 19.4. The molecule has 2 aliphatic rings. The zero-order chi connectivity index (χ0) is 24.0. The van der Waals surface area contributed by atoms with E-state index in [0.29, 0.717) is 62.6 Å². The van der Waals surface area contributed by atoms with Crippen LogP contribution in [0.5, 0.6) is 0 Å². The Balaban J connectivity index is 1.93. The van der Waals surface area contributed by atoms with Crippen molar-refractivity contribution >= 4 is 18.0 Å². The van der Waals surface area contributed by atoms with Gasteiger partial charge in [0.1, 0.15) is 5.82 Å². The van der Waals surface area contributed by atoms with E-state index in [1.165, 1.54) is 17.0 Å². The second kappa shape index (κ2) is 11.1. The third-order valence-corrected chi connectivity index (χ3v) is 5.79. The van der Waals surface area contributed by atoms with Crippen LogP contribution < -0.4 is 10.6 Å². The summed E-state index contributed by atoms with van der Waals surface area (Å²) < 4.78 is 19.3. The molecule has 180 valence electrons. The molecule has 0 unspecified atom stereocenters. The predicted octanol–water partition coefficient (Wildman–Crippen LogP) is 2.08. The van der Waals surface area contributed by atoms with Crippen LogP contribution in [0.1, 0.15) is 32.4 Å². The summed E-state index contributed by atoms with van der Waals surface area (Å²) in [7, 11) is 0. The van der Waals surface area contributed by atoms with Crippen LogP contribution in [0.4, 0.5) is 14.0 Å². The maximum absolute atomic E-state index is 14.0. The van der Waals surface area contributed by atoms with Crippen molar-refractivity contribution in [1.29, 1.82) is 0 Å². The van der Waals surface area contributed by atoms with Crippen LogP contribution in [0.3, 0.4) is 0 Å². The summed E-state index contributed by atoms with van der Waals surface area (Å²) >= 11 is 0. The van der Waals surface area contributed by atoms with Crippen molar-refractivity contribution in [1.82, 2.24) is 25.3 Å². The monoisotopic (exact) mass is 461 g/mol. The first-order valence-electron chi connectivity index (χ1n) is 11.4. The lowest BCUT2D eigenvalue weighted by molar-refractivity contribution is -0.139. The molecule has 1 aromatic carbocycles. The first-order chi connectivity index (χ1) is 15.9. The number of likely N-dealkylation sites (N-methyl/N-ethyl adjacent to an activating group) is 1. The van der Waals surface area contributed by atoms with Gasteiger partial charge in [0.15, 0.2) is 0 Å². The van der Waals surface area contributed by atoms with Gasteiger partial charge < -0.3 is 20.3 Å². The fourth-order valence-corrected chi connectivity index (χ4v) is 4.18. The van der Waals surface area contributed by atoms with Crippen molar-refractivity contribution in [2.24, 2.45) is 0 Å². The SMILES string of the molecule is CCNC(=O)N1CCN(CC2=C(C(=O)OCC)[C@@H](c3cccc(F)c3)NC(=O)N2CC)CC1. The Hall–Kier alpha value is -3.14. The third kappa shape index (κ3) is 5.62. The molecular weight excluding hydrogens is 429 g/mol. The molecule has 0 aliphatic carbocycles. The Morgan fingerprint density at radius 1 is 1.18 bits per heavy atom. The summed E-state index contributed by atoms with van der Waals surface area (Å²) in [6.07, 6.45) is 0. The second-order valence-corrected chi connectivity index (χ2v) is 7.86. The number of halogens is 1. The first kappa shape index (κ1) is 24.5. The Morgan fingerprint density at radius 2 is 1.91 bits per heavy atom. The number of carbonyl (C=O) groups is 3. The molecule has 2 aliphatic heterocycles. The highest BCUT2D eigenvalue weighted by Crippen LogP contribution is 2.32. The molecular formula is C23H32FN5O4. The van der Waals surface area contributed by atoms with Gasteiger partial charge in [0.2, 0.25) is 0 Å². The molecule has 33 heavy (non-hydrogen) atoms. The highest BCUT2D eigenvalue weighted by molar-refractivity contribution is 5.95. The molecule has 1 aromatic rings. The largest absolute Gasteiger partial charge is 0.463 e. The topological polar surface area (TPSA) is 94.2 Å². The number of nitrogens with zero attached hydrogens (tertiary/aromatic N) is 3. The molecule has 0 aromatic heterocycles. The van der Waals surface area contributed by atoms with E-state index >= 15 is 0 Å². The molecule has 0 saturated carbocycles. The van der Waals surface area contributed by atoms with Gasteiger partial charge >= 0.3 is 18.0 Å². The van der Waals surface area contributed by atoms with E-state index in [0.717, 1.165) is 0 Å². The summed E-state index contributed by atoms with van der Waals surface area (Å²) in [5, 5.41) is 5.64. The average molecular weight is 462 g/mol. The fourth-order valence-electron chi connectivity index (χ4n) is 4.18. The maximum Gasteiger partial charge on any atom is 0.338 e. The number of hydrogen-bond donors (Lipinski definition) is 2. The van der Waals surface area contributed by atoms with Gasteiger partial charge in [-0.3, -0.25) is 9.80 Å². The number of ether oxygens (including phenoxy) is 1. The minimum atomic E-state index is -0.818. The number of piperazine rings is 1. The smallest absolute Gasteiger partial charge is 0.338 e. The minimum Gasteiger partial charge on any atom is -0.463 e. The van der Waals surface area contributed by atoms with Gasteiger partial charge in [-0.05, 0) is 38.5 Å². The molecule has 2 N–H and O–H groups in total. The summed E-state index contributed by atoms with van der Waals surface area (Å²) in [4.78, 5) is 43.5. The van der Waals surface area contributed by atoms with E-state index in [2.05, 4.69) is 15.5 Å². The van der Waals surface area contributed by atoms with Crippen molar-refractivity contribution in [3.63, 3.8) is 0 Å². The van der Waals surface area contributed by atoms with E-state index in [1.807, 2.05) is 13.8 Å². The van der Waals surface area contributed by atoms with Crippen molar-refractivity contribution in [2.75, 3.05) is 52.4 Å². The summed E-state index contributed by atoms with van der Waals surface area (Å²) in [5.74, 6) is -0.993. The van der Waals surface area contributed by atoms with E-state index < -0.39 is 17.8 Å². The number of hydrogen-bond acceptors (Lipinski definition) is 5. The van der Waals surface area contributed by atoms with E-state index in [9.17, 15) is 18.8 Å². The number of carbonyl (C=O) groups excluding carboxylic acids is 3. The van der Waals surface area contributed by atoms with Gasteiger partial charge in [-0.15, -0.1) is 0 Å². The van der Waals surface area contributed by atoms with Crippen LogP contribution in [0.15, 0.2) is 35.5 Å². The number of urea groups is 2. The zero-order valence-electron chi connectivity index (χ0n) is 19.4. The Kier molecular flexibility index (Phi) is 8.26.